The highest BCUT2D eigenvalue weighted by Crippen LogP contribution is 2.36. The molecule has 26 heavy (non-hydrogen) atoms. The van der Waals surface area contributed by atoms with Crippen molar-refractivity contribution in [2.45, 2.75) is 11.8 Å². The summed E-state index contributed by atoms with van der Waals surface area (Å²) < 4.78 is 32.1. The maximum Gasteiger partial charge on any atom is 0.247 e. The Labute approximate surface area is 165 Å². The van der Waals surface area contributed by atoms with Gasteiger partial charge in [0.25, 0.3) is 0 Å². The normalized spacial score (nSPS) is 11.5. The third-order valence-corrected chi connectivity index (χ3v) is 6.03. The van der Waals surface area contributed by atoms with E-state index in [0.29, 0.717) is 10.3 Å². The van der Waals surface area contributed by atoms with E-state index in [2.05, 4.69) is 26.2 Å². The molecule has 0 fully saturated rings. The first kappa shape index (κ1) is 20.6. The Morgan fingerprint density at radius 3 is 2.65 bits per heavy atom. The molecule has 0 radical (unpaired) electrons. The molecule has 0 spiro atoms. The summed E-state index contributed by atoms with van der Waals surface area (Å²) in [5, 5.41) is 2.77. The lowest BCUT2D eigenvalue weighted by Gasteiger charge is -2.19. The van der Waals surface area contributed by atoms with Gasteiger partial charge in [0.15, 0.2) is 5.75 Å². The number of pyridine rings is 1. The van der Waals surface area contributed by atoms with Gasteiger partial charge >= 0.3 is 0 Å². The van der Waals surface area contributed by atoms with Gasteiger partial charge in [-0.15, -0.1) is 0 Å². The SMILES string of the molecule is COc1c(Br)cc(Cl)cc1S(=O)(=O)N(C)CC(=O)Nc1ccc(C)cn1. The molecule has 0 bridgehead atoms. The number of nitrogens with zero attached hydrogens (tertiary/aromatic N) is 2. The van der Waals surface area contributed by atoms with Crippen molar-refractivity contribution < 1.29 is 17.9 Å². The van der Waals surface area contributed by atoms with Gasteiger partial charge in [0.1, 0.15) is 10.7 Å². The molecule has 1 N–H and O–H groups in total. The zero-order valence-corrected chi connectivity index (χ0v) is 17.4. The molecule has 2 rings (SSSR count). The smallest absolute Gasteiger partial charge is 0.247 e. The summed E-state index contributed by atoms with van der Waals surface area (Å²) in [6.45, 7) is 1.47. The number of amides is 1. The van der Waals surface area contributed by atoms with E-state index in [1.165, 1.54) is 26.3 Å². The van der Waals surface area contributed by atoms with Crippen LogP contribution in [0.1, 0.15) is 5.56 Å². The maximum absolute atomic E-state index is 12.8. The number of likely N-dealkylation sites (N-methyl/N-ethyl adjacent to an activating group) is 1. The molecule has 10 heteroatoms. The number of aryl methyl sites for hydroxylation is 1. The number of methoxy groups -OCH3 is 1. The minimum absolute atomic E-state index is 0.113. The van der Waals surface area contributed by atoms with Crippen LogP contribution in [0.4, 0.5) is 5.82 Å². The standard InChI is InChI=1S/C16H17BrClN3O4S/c1-10-4-5-14(19-8-10)20-15(22)9-21(2)26(23,24)13-7-11(18)6-12(17)16(13)25-3/h4-8H,9H2,1-3H3,(H,19,20,22). The highest BCUT2D eigenvalue weighted by molar-refractivity contribution is 9.10. The fraction of sp³-hybridized carbons (Fsp3) is 0.250. The van der Waals surface area contributed by atoms with Crippen LogP contribution in [0.25, 0.3) is 0 Å². The van der Waals surface area contributed by atoms with Gasteiger partial charge < -0.3 is 10.1 Å². The first-order valence-electron chi connectivity index (χ1n) is 7.37. The summed E-state index contributed by atoms with van der Waals surface area (Å²) in [5.41, 5.74) is 0.946. The first-order chi connectivity index (χ1) is 12.1. The van der Waals surface area contributed by atoms with Crippen molar-refractivity contribution >= 4 is 49.3 Å². The van der Waals surface area contributed by atoms with Crippen LogP contribution in [0, 0.1) is 6.92 Å². The van der Waals surface area contributed by atoms with Gasteiger partial charge in [-0.1, -0.05) is 17.7 Å². The van der Waals surface area contributed by atoms with Crippen LogP contribution in [0.2, 0.25) is 5.02 Å². The number of hydrogen-bond donors (Lipinski definition) is 1. The highest BCUT2D eigenvalue weighted by atomic mass is 79.9. The Hall–Kier alpha value is -1.68. The number of rotatable bonds is 6. The topological polar surface area (TPSA) is 88.6 Å². The Morgan fingerprint density at radius 2 is 2.08 bits per heavy atom. The Kier molecular flexibility index (Phi) is 6.62. The summed E-state index contributed by atoms with van der Waals surface area (Å²) in [6.07, 6.45) is 1.60. The third kappa shape index (κ3) is 4.73. The summed E-state index contributed by atoms with van der Waals surface area (Å²) in [4.78, 5) is 16.1. The van der Waals surface area contributed by atoms with Crippen LogP contribution in [-0.2, 0) is 14.8 Å². The fourth-order valence-corrected chi connectivity index (χ4v) is 4.60. The third-order valence-electron chi connectivity index (χ3n) is 3.41. The molecule has 1 aromatic heterocycles. The average molecular weight is 463 g/mol. The van der Waals surface area contributed by atoms with E-state index in [0.717, 1.165) is 9.87 Å². The van der Waals surface area contributed by atoms with Gasteiger partial charge in [-0.25, -0.2) is 13.4 Å². The number of anilines is 1. The predicted octanol–water partition coefficient (Wildman–Crippen LogP) is 3.07. The second-order valence-electron chi connectivity index (χ2n) is 5.45. The van der Waals surface area contributed by atoms with Crippen molar-refractivity contribution in [3.05, 3.63) is 45.5 Å². The molecule has 0 aliphatic carbocycles. The molecular weight excluding hydrogens is 446 g/mol. The lowest BCUT2D eigenvalue weighted by atomic mass is 10.3. The van der Waals surface area contributed by atoms with Crippen LogP contribution in [-0.4, -0.2) is 44.3 Å². The molecule has 0 saturated heterocycles. The molecule has 0 unspecified atom stereocenters. The van der Waals surface area contributed by atoms with E-state index in [9.17, 15) is 13.2 Å². The summed E-state index contributed by atoms with van der Waals surface area (Å²) >= 11 is 9.18. The van der Waals surface area contributed by atoms with Crippen LogP contribution >= 0.6 is 27.5 Å². The van der Waals surface area contributed by atoms with Crippen molar-refractivity contribution in [1.82, 2.24) is 9.29 Å². The molecule has 140 valence electrons. The van der Waals surface area contributed by atoms with Gasteiger partial charge in [-0.2, -0.15) is 4.31 Å². The number of halogens is 2. The van der Waals surface area contributed by atoms with E-state index in [-0.39, 0.29) is 15.7 Å². The van der Waals surface area contributed by atoms with E-state index in [1.807, 2.05) is 6.92 Å². The quantitative estimate of drug-likeness (QED) is 0.713. The van der Waals surface area contributed by atoms with E-state index < -0.39 is 22.5 Å². The minimum Gasteiger partial charge on any atom is -0.494 e. The van der Waals surface area contributed by atoms with Crippen molar-refractivity contribution in [2.75, 3.05) is 26.0 Å². The number of sulfonamides is 1. The number of aromatic nitrogens is 1. The van der Waals surface area contributed by atoms with Gasteiger partial charge in [0, 0.05) is 18.3 Å². The molecule has 1 aromatic carbocycles. The van der Waals surface area contributed by atoms with E-state index in [1.54, 1.807) is 18.3 Å². The molecule has 0 atom stereocenters. The zero-order valence-electron chi connectivity index (χ0n) is 14.3. The zero-order chi connectivity index (χ0) is 19.5. The van der Waals surface area contributed by atoms with Crippen molar-refractivity contribution in [3.8, 4) is 5.75 Å². The molecule has 0 saturated carbocycles. The summed E-state index contributed by atoms with van der Waals surface area (Å²) in [5.74, 6) is -0.0659. The number of ether oxygens (including phenoxy) is 1. The number of benzene rings is 1. The summed E-state index contributed by atoms with van der Waals surface area (Å²) in [7, 11) is -1.36. The lowest BCUT2D eigenvalue weighted by Crippen LogP contribution is -2.35. The van der Waals surface area contributed by atoms with Crippen LogP contribution in [0.5, 0.6) is 5.75 Å². The second kappa shape index (κ2) is 8.34. The second-order valence-corrected chi connectivity index (χ2v) is 8.75. The first-order valence-corrected chi connectivity index (χ1v) is 9.98. The number of carbonyl (C=O) groups is 1. The van der Waals surface area contributed by atoms with Crippen LogP contribution in [0.15, 0.2) is 39.8 Å². The van der Waals surface area contributed by atoms with Crippen LogP contribution in [0.3, 0.4) is 0 Å². The Balaban J connectivity index is 2.21. The molecular formula is C16H17BrClN3O4S. The molecule has 0 aliphatic heterocycles. The monoisotopic (exact) mass is 461 g/mol. The van der Waals surface area contributed by atoms with Gasteiger partial charge in [-0.3, -0.25) is 4.79 Å². The minimum atomic E-state index is -4.01. The average Bonchev–Trinajstić information content (AvgIpc) is 2.56. The molecule has 7 nitrogen and oxygen atoms in total. The Morgan fingerprint density at radius 1 is 1.38 bits per heavy atom. The van der Waals surface area contributed by atoms with Crippen molar-refractivity contribution in [1.29, 1.82) is 0 Å². The van der Waals surface area contributed by atoms with E-state index >= 15 is 0 Å². The van der Waals surface area contributed by atoms with Gasteiger partial charge in [0.2, 0.25) is 15.9 Å². The Bertz CT molecular complexity index is 920. The number of carbonyl (C=O) groups excluding carboxylic acids is 1. The van der Waals surface area contributed by atoms with Crippen LogP contribution < -0.4 is 10.1 Å². The molecule has 1 heterocycles. The largest absolute Gasteiger partial charge is 0.494 e. The molecule has 0 aliphatic rings. The predicted molar refractivity (Wildman–Crippen MR) is 103 cm³/mol. The maximum atomic E-state index is 12.8. The fourth-order valence-electron chi connectivity index (χ4n) is 2.11. The molecule has 2 aromatic rings. The van der Waals surface area contributed by atoms with Crippen molar-refractivity contribution in [2.24, 2.45) is 0 Å². The van der Waals surface area contributed by atoms with Crippen molar-refractivity contribution in [3.63, 3.8) is 0 Å². The number of hydrogen-bond acceptors (Lipinski definition) is 5. The van der Waals surface area contributed by atoms with Gasteiger partial charge in [0.05, 0.1) is 18.1 Å². The highest BCUT2D eigenvalue weighted by Gasteiger charge is 2.28. The molecule has 1 amide bonds. The summed E-state index contributed by atoms with van der Waals surface area (Å²) in [6, 6.07) is 6.22. The van der Waals surface area contributed by atoms with Gasteiger partial charge in [-0.05, 0) is 46.6 Å². The number of nitrogens with one attached hydrogen (secondary N) is 1. The lowest BCUT2D eigenvalue weighted by molar-refractivity contribution is -0.116. The van der Waals surface area contributed by atoms with E-state index in [4.69, 9.17) is 16.3 Å².